The summed E-state index contributed by atoms with van der Waals surface area (Å²) in [5, 5.41) is 3.57. The molecule has 0 aromatic heterocycles. The topological polar surface area (TPSA) is 81.1 Å². The first-order valence-corrected chi connectivity index (χ1v) is 4.54. The van der Waals surface area contributed by atoms with E-state index >= 15 is 0 Å². The van der Waals surface area contributed by atoms with Crippen LogP contribution in [0.5, 0.6) is 0 Å². The lowest BCUT2D eigenvalue weighted by atomic mass is 10.2. The standard InChI is InChI=1S/C9H12ClN3O/c10-6-1-2-8(7(11)5-6)13-4-3-9(12)14/h1-2,5,13H,3-4,11H2,(H2,12,14). The van der Waals surface area contributed by atoms with E-state index in [-0.39, 0.29) is 12.3 Å². The second-order valence-electron chi connectivity index (χ2n) is 2.87. The minimum atomic E-state index is -0.343. The van der Waals surface area contributed by atoms with Crippen LogP contribution in [0, 0.1) is 0 Å². The van der Waals surface area contributed by atoms with Crippen molar-refractivity contribution in [1.82, 2.24) is 0 Å². The van der Waals surface area contributed by atoms with Crippen LogP contribution in [0.4, 0.5) is 11.4 Å². The highest BCUT2D eigenvalue weighted by Gasteiger charge is 1.99. The van der Waals surface area contributed by atoms with E-state index in [1.54, 1.807) is 18.2 Å². The van der Waals surface area contributed by atoms with Gasteiger partial charge in [0.05, 0.1) is 11.4 Å². The van der Waals surface area contributed by atoms with Gasteiger partial charge in [0, 0.05) is 18.0 Å². The summed E-state index contributed by atoms with van der Waals surface area (Å²) >= 11 is 5.72. The Labute approximate surface area is 87.2 Å². The highest BCUT2D eigenvalue weighted by atomic mass is 35.5. The van der Waals surface area contributed by atoms with Crippen LogP contribution in [0.3, 0.4) is 0 Å². The number of hydrogen-bond acceptors (Lipinski definition) is 3. The van der Waals surface area contributed by atoms with Crippen molar-refractivity contribution >= 4 is 28.9 Å². The van der Waals surface area contributed by atoms with Crippen LogP contribution in [0.15, 0.2) is 18.2 Å². The molecule has 0 bridgehead atoms. The number of primary amides is 1. The van der Waals surface area contributed by atoms with Gasteiger partial charge in [-0.2, -0.15) is 0 Å². The molecule has 0 radical (unpaired) electrons. The SMILES string of the molecule is NC(=O)CCNc1ccc(Cl)cc1N. The fourth-order valence-electron chi connectivity index (χ4n) is 1.01. The molecule has 0 aliphatic rings. The fraction of sp³-hybridized carbons (Fsp3) is 0.222. The van der Waals surface area contributed by atoms with Crippen LogP contribution in [0.1, 0.15) is 6.42 Å². The maximum Gasteiger partial charge on any atom is 0.219 e. The van der Waals surface area contributed by atoms with E-state index in [9.17, 15) is 4.79 Å². The van der Waals surface area contributed by atoms with Crippen LogP contribution in [0.25, 0.3) is 0 Å². The second-order valence-corrected chi connectivity index (χ2v) is 3.31. The molecule has 76 valence electrons. The van der Waals surface area contributed by atoms with Crippen LogP contribution in [0.2, 0.25) is 5.02 Å². The molecule has 0 saturated carbocycles. The van der Waals surface area contributed by atoms with Gasteiger partial charge in [-0.3, -0.25) is 4.79 Å². The number of nitrogen functional groups attached to an aromatic ring is 1. The van der Waals surface area contributed by atoms with Crippen molar-refractivity contribution in [1.29, 1.82) is 0 Å². The predicted molar refractivity (Wildman–Crippen MR) is 58.2 cm³/mol. The summed E-state index contributed by atoms with van der Waals surface area (Å²) in [6, 6.07) is 5.14. The number of amides is 1. The normalized spacial score (nSPS) is 9.79. The van der Waals surface area contributed by atoms with E-state index in [1.807, 2.05) is 0 Å². The Bertz CT molecular complexity index is 341. The van der Waals surface area contributed by atoms with Crippen LogP contribution in [-0.2, 0) is 4.79 Å². The summed E-state index contributed by atoms with van der Waals surface area (Å²) in [5.74, 6) is -0.343. The number of hydrogen-bond donors (Lipinski definition) is 3. The second kappa shape index (κ2) is 4.72. The first-order chi connectivity index (χ1) is 6.59. The average Bonchev–Trinajstić information content (AvgIpc) is 2.08. The number of nitrogens with one attached hydrogen (secondary N) is 1. The van der Waals surface area contributed by atoms with Crippen molar-refractivity contribution < 1.29 is 4.79 Å². The molecule has 0 heterocycles. The summed E-state index contributed by atoms with van der Waals surface area (Å²) < 4.78 is 0. The third-order valence-electron chi connectivity index (χ3n) is 1.70. The monoisotopic (exact) mass is 213 g/mol. The Hall–Kier alpha value is -1.42. The van der Waals surface area contributed by atoms with Gasteiger partial charge in [-0.1, -0.05) is 11.6 Å². The Morgan fingerprint density at radius 3 is 2.79 bits per heavy atom. The van der Waals surface area contributed by atoms with Gasteiger partial charge in [-0.15, -0.1) is 0 Å². The van der Waals surface area contributed by atoms with E-state index in [4.69, 9.17) is 23.1 Å². The zero-order valence-corrected chi connectivity index (χ0v) is 8.34. The van der Waals surface area contributed by atoms with Crippen molar-refractivity contribution in [2.24, 2.45) is 5.73 Å². The molecule has 0 atom stereocenters. The predicted octanol–water partition coefficient (Wildman–Crippen LogP) is 1.21. The quantitative estimate of drug-likeness (QED) is 0.658. The number of halogens is 1. The zero-order valence-electron chi connectivity index (χ0n) is 7.59. The summed E-state index contributed by atoms with van der Waals surface area (Å²) in [7, 11) is 0. The first-order valence-electron chi connectivity index (χ1n) is 4.17. The molecule has 1 aromatic rings. The van der Waals surface area contributed by atoms with E-state index in [2.05, 4.69) is 5.32 Å². The third-order valence-corrected chi connectivity index (χ3v) is 1.94. The van der Waals surface area contributed by atoms with Crippen molar-refractivity contribution in [3.8, 4) is 0 Å². The van der Waals surface area contributed by atoms with Crippen LogP contribution >= 0.6 is 11.6 Å². The van der Waals surface area contributed by atoms with Gasteiger partial charge < -0.3 is 16.8 Å². The number of rotatable bonds is 4. The smallest absolute Gasteiger partial charge is 0.219 e. The van der Waals surface area contributed by atoms with Crippen molar-refractivity contribution in [3.05, 3.63) is 23.2 Å². The Morgan fingerprint density at radius 2 is 2.21 bits per heavy atom. The maximum absolute atomic E-state index is 10.5. The van der Waals surface area contributed by atoms with E-state index in [0.717, 1.165) is 5.69 Å². The Balaban J connectivity index is 2.55. The highest BCUT2D eigenvalue weighted by Crippen LogP contribution is 2.22. The van der Waals surface area contributed by atoms with E-state index in [1.165, 1.54) is 0 Å². The molecule has 5 N–H and O–H groups in total. The highest BCUT2D eigenvalue weighted by molar-refractivity contribution is 6.31. The Kier molecular flexibility index (Phi) is 3.59. The minimum Gasteiger partial charge on any atom is -0.397 e. The molecule has 1 aromatic carbocycles. The van der Waals surface area contributed by atoms with E-state index < -0.39 is 0 Å². The molecule has 0 spiro atoms. The first kappa shape index (κ1) is 10.7. The molecule has 0 saturated heterocycles. The molecule has 14 heavy (non-hydrogen) atoms. The van der Waals surface area contributed by atoms with Gasteiger partial charge in [-0.05, 0) is 18.2 Å². The molecular formula is C9H12ClN3O. The van der Waals surface area contributed by atoms with Gasteiger partial charge in [0.15, 0.2) is 0 Å². The summed E-state index contributed by atoms with van der Waals surface area (Å²) in [6.07, 6.45) is 0.280. The van der Waals surface area contributed by atoms with Gasteiger partial charge in [0.1, 0.15) is 0 Å². The van der Waals surface area contributed by atoms with Crippen molar-refractivity contribution in [2.45, 2.75) is 6.42 Å². The van der Waals surface area contributed by atoms with Gasteiger partial charge in [-0.25, -0.2) is 0 Å². The molecule has 1 amide bonds. The van der Waals surface area contributed by atoms with Crippen molar-refractivity contribution in [3.63, 3.8) is 0 Å². The lowest BCUT2D eigenvalue weighted by Gasteiger charge is -2.08. The summed E-state index contributed by atoms with van der Waals surface area (Å²) in [4.78, 5) is 10.5. The largest absolute Gasteiger partial charge is 0.397 e. The number of anilines is 2. The van der Waals surface area contributed by atoms with Crippen LogP contribution < -0.4 is 16.8 Å². The molecule has 5 heteroatoms. The molecule has 0 fully saturated rings. The molecule has 0 unspecified atom stereocenters. The van der Waals surface area contributed by atoms with Gasteiger partial charge in [0.2, 0.25) is 5.91 Å². The molecule has 0 aliphatic carbocycles. The van der Waals surface area contributed by atoms with Crippen molar-refractivity contribution in [2.75, 3.05) is 17.6 Å². The molecule has 4 nitrogen and oxygen atoms in total. The lowest BCUT2D eigenvalue weighted by Crippen LogP contribution is -2.16. The summed E-state index contributed by atoms with van der Waals surface area (Å²) in [6.45, 7) is 0.473. The fourth-order valence-corrected chi connectivity index (χ4v) is 1.20. The number of carbonyl (C=O) groups is 1. The number of carbonyl (C=O) groups excluding carboxylic acids is 1. The van der Waals surface area contributed by atoms with Crippen LogP contribution in [-0.4, -0.2) is 12.5 Å². The molecular weight excluding hydrogens is 202 g/mol. The maximum atomic E-state index is 10.5. The average molecular weight is 214 g/mol. The zero-order chi connectivity index (χ0) is 10.6. The third kappa shape index (κ3) is 3.14. The van der Waals surface area contributed by atoms with E-state index in [0.29, 0.717) is 17.3 Å². The number of nitrogens with two attached hydrogens (primary N) is 2. The van der Waals surface area contributed by atoms with Gasteiger partial charge in [0.25, 0.3) is 0 Å². The number of benzene rings is 1. The van der Waals surface area contributed by atoms with Gasteiger partial charge >= 0.3 is 0 Å². The minimum absolute atomic E-state index is 0.280. The summed E-state index contributed by atoms with van der Waals surface area (Å²) in [5.41, 5.74) is 12.0. The molecule has 0 aliphatic heterocycles. The lowest BCUT2D eigenvalue weighted by molar-refractivity contribution is -0.117. The molecule has 1 rings (SSSR count). The Morgan fingerprint density at radius 1 is 1.50 bits per heavy atom.